The zero-order valence-corrected chi connectivity index (χ0v) is 12.8. The highest BCUT2D eigenvalue weighted by Crippen LogP contribution is 2.36. The third-order valence-electron chi connectivity index (χ3n) is 4.69. The van der Waals surface area contributed by atoms with E-state index >= 15 is 0 Å². The van der Waals surface area contributed by atoms with E-state index in [1.165, 1.54) is 12.8 Å². The molecule has 0 aromatic carbocycles. The second-order valence-corrected chi connectivity index (χ2v) is 6.27. The Morgan fingerprint density at radius 1 is 1.48 bits per heavy atom. The Labute approximate surface area is 126 Å². The van der Waals surface area contributed by atoms with Crippen molar-refractivity contribution in [2.24, 2.45) is 11.3 Å². The zero-order chi connectivity index (χ0) is 15.3. The van der Waals surface area contributed by atoms with Gasteiger partial charge >= 0.3 is 5.97 Å². The molecule has 1 heterocycles. The number of aliphatic hydroxyl groups excluding tert-OH is 1. The molecule has 2 aliphatic rings. The van der Waals surface area contributed by atoms with Crippen LogP contribution in [-0.4, -0.2) is 42.8 Å². The van der Waals surface area contributed by atoms with E-state index in [2.05, 4.69) is 0 Å². The van der Waals surface area contributed by atoms with Crippen LogP contribution in [0.4, 0.5) is 0 Å². The van der Waals surface area contributed by atoms with Gasteiger partial charge in [-0.1, -0.05) is 25.7 Å². The first kappa shape index (κ1) is 16.4. The molecule has 2 atom stereocenters. The summed E-state index contributed by atoms with van der Waals surface area (Å²) in [5, 5.41) is 10.3. The van der Waals surface area contributed by atoms with Gasteiger partial charge in [-0.25, -0.2) is 0 Å². The molecule has 1 aliphatic carbocycles. The van der Waals surface area contributed by atoms with Gasteiger partial charge in [0.25, 0.3) is 0 Å². The quantitative estimate of drug-likeness (QED) is 0.598. The summed E-state index contributed by atoms with van der Waals surface area (Å²) >= 11 is 0. The van der Waals surface area contributed by atoms with Crippen LogP contribution < -0.4 is 0 Å². The third kappa shape index (κ3) is 3.83. The summed E-state index contributed by atoms with van der Waals surface area (Å²) in [5.41, 5.74) is -1.30. The molecule has 120 valence electrons. The van der Waals surface area contributed by atoms with Gasteiger partial charge in [0.15, 0.2) is 11.2 Å². The molecule has 5 nitrogen and oxygen atoms in total. The van der Waals surface area contributed by atoms with Crippen molar-refractivity contribution < 1.29 is 24.2 Å². The van der Waals surface area contributed by atoms with Crippen LogP contribution in [0.3, 0.4) is 0 Å². The Morgan fingerprint density at radius 2 is 2.19 bits per heavy atom. The summed E-state index contributed by atoms with van der Waals surface area (Å²) in [6.07, 6.45) is 5.04. The van der Waals surface area contributed by atoms with E-state index in [9.17, 15) is 14.7 Å². The van der Waals surface area contributed by atoms with Gasteiger partial charge in [-0.3, -0.25) is 9.59 Å². The molecule has 1 saturated carbocycles. The molecule has 0 radical (unpaired) electrons. The maximum atomic E-state index is 12.3. The average molecular weight is 298 g/mol. The van der Waals surface area contributed by atoms with Crippen LogP contribution in [0.2, 0.25) is 0 Å². The van der Waals surface area contributed by atoms with Crippen LogP contribution in [0.5, 0.6) is 0 Å². The summed E-state index contributed by atoms with van der Waals surface area (Å²) in [6, 6.07) is 0. The van der Waals surface area contributed by atoms with E-state index in [0.29, 0.717) is 18.9 Å². The van der Waals surface area contributed by atoms with Crippen LogP contribution in [0.15, 0.2) is 0 Å². The van der Waals surface area contributed by atoms with Crippen molar-refractivity contribution in [2.75, 3.05) is 19.8 Å². The minimum Gasteiger partial charge on any atom is -0.465 e. The van der Waals surface area contributed by atoms with Crippen molar-refractivity contribution >= 4 is 11.8 Å². The lowest BCUT2D eigenvalue weighted by Gasteiger charge is -2.35. The van der Waals surface area contributed by atoms with Gasteiger partial charge in [0, 0.05) is 6.42 Å². The van der Waals surface area contributed by atoms with E-state index in [1.807, 2.05) is 0 Å². The molecule has 0 amide bonds. The third-order valence-corrected chi connectivity index (χ3v) is 4.69. The van der Waals surface area contributed by atoms with Gasteiger partial charge < -0.3 is 14.6 Å². The predicted molar refractivity (Wildman–Crippen MR) is 76.7 cm³/mol. The van der Waals surface area contributed by atoms with Crippen molar-refractivity contribution in [2.45, 2.75) is 58.0 Å². The minimum atomic E-state index is -1.30. The van der Waals surface area contributed by atoms with Gasteiger partial charge in [0.05, 0.1) is 25.9 Å². The van der Waals surface area contributed by atoms with Gasteiger partial charge in [0.1, 0.15) is 0 Å². The first-order valence-electron chi connectivity index (χ1n) is 8.05. The Kier molecular flexibility index (Phi) is 5.76. The van der Waals surface area contributed by atoms with Gasteiger partial charge in [-0.05, 0) is 25.7 Å². The van der Waals surface area contributed by atoms with E-state index in [0.717, 1.165) is 12.8 Å². The van der Waals surface area contributed by atoms with Crippen molar-refractivity contribution in [3.63, 3.8) is 0 Å². The lowest BCUT2D eigenvalue weighted by molar-refractivity contribution is -0.172. The summed E-state index contributed by atoms with van der Waals surface area (Å²) in [6.45, 7) is 2.33. The monoisotopic (exact) mass is 298 g/mol. The molecule has 2 unspecified atom stereocenters. The van der Waals surface area contributed by atoms with Crippen LogP contribution in [-0.2, 0) is 19.1 Å². The summed E-state index contributed by atoms with van der Waals surface area (Å²) < 4.78 is 10.4. The van der Waals surface area contributed by atoms with Gasteiger partial charge in [-0.15, -0.1) is 0 Å². The topological polar surface area (TPSA) is 72.8 Å². The molecule has 0 aromatic rings. The second-order valence-electron chi connectivity index (χ2n) is 6.27. The number of hydrogen-bond donors (Lipinski definition) is 1. The highest BCUT2D eigenvalue weighted by Gasteiger charge is 2.50. The molecular weight excluding hydrogens is 272 g/mol. The summed E-state index contributed by atoms with van der Waals surface area (Å²) in [4.78, 5) is 24.6. The molecule has 1 aliphatic heterocycles. The fourth-order valence-electron chi connectivity index (χ4n) is 3.55. The minimum absolute atomic E-state index is 0.0341. The normalized spacial score (nSPS) is 28.6. The van der Waals surface area contributed by atoms with Crippen LogP contribution in [0.25, 0.3) is 0 Å². The summed E-state index contributed by atoms with van der Waals surface area (Å²) in [7, 11) is 0. The number of ether oxygens (including phenoxy) is 2. The SMILES string of the molecule is CCOC(=O)C1(CC(O)CC2CCCC2)COCCC1=O. The van der Waals surface area contributed by atoms with E-state index in [-0.39, 0.29) is 31.8 Å². The number of carbonyl (C=O) groups excluding carboxylic acids is 2. The Hall–Kier alpha value is -0.940. The lowest BCUT2D eigenvalue weighted by atomic mass is 9.75. The van der Waals surface area contributed by atoms with Crippen molar-refractivity contribution in [1.82, 2.24) is 0 Å². The highest BCUT2D eigenvalue weighted by atomic mass is 16.5. The molecule has 1 saturated heterocycles. The number of aliphatic hydroxyl groups is 1. The van der Waals surface area contributed by atoms with Crippen LogP contribution in [0.1, 0.15) is 51.9 Å². The Balaban J connectivity index is 2.04. The lowest BCUT2D eigenvalue weighted by Crippen LogP contribution is -2.50. The summed E-state index contributed by atoms with van der Waals surface area (Å²) in [5.74, 6) is -0.184. The molecule has 0 spiro atoms. The Bertz CT molecular complexity index is 375. The van der Waals surface area contributed by atoms with E-state index < -0.39 is 17.5 Å². The maximum Gasteiger partial charge on any atom is 0.322 e. The number of rotatable bonds is 6. The number of ketones is 1. The first-order chi connectivity index (χ1) is 10.1. The average Bonchev–Trinajstić information content (AvgIpc) is 2.94. The predicted octanol–water partition coefficient (Wildman–Crippen LogP) is 1.86. The first-order valence-corrected chi connectivity index (χ1v) is 8.05. The number of Topliss-reactive ketones (excluding diaryl/α,β-unsaturated/α-hetero) is 1. The molecule has 0 bridgehead atoms. The number of carbonyl (C=O) groups is 2. The zero-order valence-electron chi connectivity index (χ0n) is 12.8. The largest absolute Gasteiger partial charge is 0.465 e. The smallest absolute Gasteiger partial charge is 0.322 e. The van der Waals surface area contributed by atoms with Gasteiger partial charge in [-0.2, -0.15) is 0 Å². The van der Waals surface area contributed by atoms with Crippen LogP contribution in [0, 0.1) is 11.3 Å². The van der Waals surface area contributed by atoms with Gasteiger partial charge in [0.2, 0.25) is 0 Å². The van der Waals surface area contributed by atoms with Crippen molar-refractivity contribution in [1.29, 1.82) is 0 Å². The fourth-order valence-corrected chi connectivity index (χ4v) is 3.55. The molecule has 2 rings (SSSR count). The molecule has 2 fully saturated rings. The van der Waals surface area contributed by atoms with E-state index in [1.54, 1.807) is 6.92 Å². The molecule has 0 aromatic heterocycles. The molecule has 5 heteroatoms. The van der Waals surface area contributed by atoms with Crippen LogP contribution >= 0.6 is 0 Å². The standard InChI is InChI=1S/C16H26O5/c1-2-21-15(19)16(11-20-8-7-14(16)18)10-13(17)9-12-5-3-4-6-12/h12-13,17H,2-11H2,1H3. The molecule has 1 N–H and O–H groups in total. The molecule has 21 heavy (non-hydrogen) atoms. The highest BCUT2D eigenvalue weighted by molar-refractivity contribution is 6.04. The van der Waals surface area contributed by atoms with Crippen molar-refractivity contribution in [3.05, 3.63) is 0 Å². The van der Waals surface area contributed by atoms with E-state index in [4.69, 9.17) is 9.47 Å². The second kappa shape index (κ2) is 7.36. The maximum absolute atomic E-state index is 12.3. The fraction of sp³-hybridized carbons (Fsp3) is 0.875. The molecular formula is C16H26O5. The Morgan fingerprint density at radius 3 is 2.81 bits per heavy atom. The number of hydrogen-bond acceptors (Lipinski definition) is 5. The van der Waals surface area contributed by atoms with Crippen molar-refractivity contribution in [3.8, 4) is 0 Å². The number of esters is 1.